The molecule has 2 N–H and O–H groups in total. The lowest BCUT2D eigenvalue weighted by atomic mass is 9.99. The van der Waals surface area contributed by atoms with Crippen LogP contribution in [-0.2, 0) is 25.7 Å². The van der Waals surface area contributed by atoms with E-state index in [1.165, 1.54) is 0 Å². The zero-order valence-corrected chi connectivity index (χ0v) is 15.6. The van der Waals surface area contributed by atoms with E-state index in [0.29, 0.717) is 43.5 Å². The van der Waals surface area contributed by atoms with Crippen LogP contribution in [0.3, 0.4) is 0 Å². The number of imidazole rings is 1. The van der Waals surface area contributed by atoms with E-state index in [9.17, 15) is 18.0 Å². The smallest absolute Gasteiger partial charge is 0.337 e. The summed E-state index contributed by atoms with van der Waals surface area (Å²) in [7, 11) is 0. The highest BCUT2D eigenvalue weighted by Gasteiger charge is 2.35. The van der Waals surface area contributed by atoms with Crippen LogP contribution in [0.25, 0.3) is 0 Å². The summed E-state index contributed by atoms with van der Waals surface area (Å²) in [4.78, 5) is 15.9. The van der Waals surface area contributed by atoms with Gasteiger partial charge in [-0.05, 0) is 32.1 Å². The fourth-order valence-electron chi connectivity index (χ4n) is 3.67. The summed E-state index contributed by atoms with van der Waals surface area (Å²) in [5, 5.41) is 9.96. The van der Waals surface area contributed by atoms with Crippen molar-refractivity contribution >= 4 is 11.8 Å². The van der Waals surface area contributed by atoms with Crippen molar-refractivity contribution in [1.82, 2.24) is 24.6 Å². The van der Waals surface area contributed by atoms with Crippen molar-refractivity contribution in [3.05, 3.63) is 29.5 Å². The van der Waals surface area contributed by atoms with Gasteiger partial charge in [0.1, 0.15) is 5.82 Å². The number of anilines is 1. The van der Waals surface area contributed by atoms with Crippen molar-refractivity contribution in [1.29, 1.82) is 0 Å². The van der Waals surface area contributed by atoms with Crippen molar-refractivity contribution in [2.24, 2.45) is 5.92 Å². The molecule has 7 nitrogen and oxygen atoms in total. The number of amides is 2. The Kier molecular flexibility index (Phi) is 4.80. The molecular weight excluding hydrogens is 373 g/mol. The van der Waals surface area contributed by atoms with Crippen LogP contribution in [0.5, 0.6) is 0 Å². The number of nitrogens with one attached hydrogen (secondary N) is 2. The number of rotatable bonds is 5. The molecule has 1 atom stereocenters. The van der Waals surface area contributed by atoms with Crippen LogP contribution >= 0.6 is 0 Å². The standard InChI is InChI=1S/C18H23F3N6O/c1-2-27-13(12-4-5-12)7-15(25-27)24-17(28)22-8-11-3-6-16-23-14(18(19,20)21)10-26(16)9-11/h7,10-12H,2-6,8-9H2,1H3,(H2,22,24,25,28). The fraction of sp³-hybridized carbons (Fsp3) is 0.611. The topological polar surface area (TPSA) is 76.8 Å². The second-order valence-corrected chi connectivity index (χ2v) is 7.48. The second kappa shape index (κ2) is 7.14. The number of nitrogens with zero attached hydrogens (tertiary/aromatic N) is 4. The Morgan fingerprint density at radius 1 is 1.32 bits per heavy atom. The van der Waals surface area contributed by atoms with E-state index in [1.807, 2.05) is 17.7 Å². The van der Waals surface area contributed by atoms with Crippen molar-refractivity contribution in [2.45, 2.75) is 57.8 Å². The average Bonchev–Trinajstić information content (AvgIpc) is 3.26. The lowest BCUT2D eigenvalue weighted by Crippen LogP contribution is -2.36. The van der Waals surface area contributed by atoms with Crippen LogP contribution in [0.4, 0.5) is 23.8 Å². The van der Waals surface area contributed by atoms with Gasteiger partial charge in [0.15, 0.2) is 11.5 Å². The first-order chi connectivity index (χ1) is 13.3. The third-order valence-electron chi connectivity index (χ3n) is 5.28. The first kappa shape index (κ1) is 18.8. The predicted octanol–water partition coefficient (Wildman–Crippen LogP) is 3.38. The van der Waals surface area contributed by atoms with Crippen LogP contribution in [0.1, 0.15) is 49.3 Å². The predicted molar refractivity (Wildman–Crippen MR) is 95.9 cm³/mol. The highest BCUT2D eigenvalue weighted by atomic mass is 19.4. The van der Waals surface area contributed by atoms with Gasteiger partial charge in [-0.15, -0.1) is 0 Å². The molecule has 1 fully saturated rings. The molecule has 0 spiro atoms. The Morgan fingerprint density at radius 2 is 2.11 bits per heavy atom. The lowest BCUT2D eigenvalue weighted by molar-refractivity contribution is -0.141. The molecule has 1 saturated carbocycles. The van der Waals surface area contributed by atoms with Crippen molar-refractivity contribution in [3.63, 3.8) is 0 Å². The van der Waals surface area contributed by atoms with E-state index >= 15 is 0 Å². The maximum Gasteiger partial charge on any atom is 0.434 e. The van der Waals surface area contributed by atoms with Crippen LogP contribution in [0.15, 0.2) is 12.3 Å². The van der Waals surface area contributed by atoms with Gasteiger partial charge in [0.05, 0.1) is 0 Å². The third-order valence-corrected chi connectivity index (χ3v) is 5.28. The molecule has 2 amide bonds. The third kappa shape index (κ3) is 4.00. The number of hydrogen-bond acceptors (Lipinski definition) is 3. The van der Waals surface area contributed by atoms with Crippen LogP contribution in [0, 0.1) is 5.92 Å². The molecule has 4 rings (SSSR count). The van der Waals surface area contributed by atoms with E-state index in [1.54, 1.807) is 4.57 Å². The number of halogens is 3. The molecule has 10 heteroatoms. The minimum absolute atomic E-state index is 0.0590. The van der Waals surface area contributed by atoms with Gasteiger partial charge in [0.25, 0.3) is 0 Å². The maximum absolute atomic E-state index is 12.8. The molecule has 0 aromatic carbocycles. The van der Waals surface area contributed by atoms with Crippen molar-refractivity contribution in [3.8, 4) is 0 Å². The van der Waals surface area contributed by atoms with Gasteiger partial charge in [-0.25, -0.2) is 9.78 Å². The molecule has 2 aliphatic rings. The van der Waals surface area contributed by atoms with Gasteiger partial charge in [0.2, 0.25) is 0 Å². The second-order valence-electron chi connectivity index (χ2n) is 7.48. The molecule has 1 unspecified atom stereocenters. The number of carbonyl (C=O) groups excluding carboxylic acids is 1. The zero-order chi connectivity index (χ0) is 19.9. The summed E-state index contributed by atoms with van der Waals surface area (Å²) in [6, 6.07) is 1.56. The zero-order valence-electron chi connectivity index (χ0n) is 15.6. The number of fused-ring (bicyclic) bond motifs is 1. The van der Waals surface area contributed by atoms with Crippen molar-refractivity contribution < 1.29 is 18.0 Å². The number of aryl methyl sites for hydroxylation is 2. The molecule has 2 aromatic heterocycles. The summed E-state index contributed by atoms with van der Waals surface area (Å²) in [5.41, 5.74) is 0.296. The Morgan fingerprint density at radius 3 is 2.79 bits per heavy atom. The highest BCUT2D eigenvalue weighted by Crippen LogP contribution is 2.40. The molecule has 2 aromatic rings. The Hall–Kier alpha value is -2.52. The fourth-order valence-corrected chi connectivity index (χ4v) is 3.67. The number of urea groups is 1. The number of aromatic nitrogens is 4. The van der Waals surface area contributed by atoms with Gasteiger partial charge >= 0.3 is 12.2 Å². The van der Waals surface area contributed by atoms with E-state index in [2.05, 4.69) is 20.7 Å². The van der Waals surface area contributed by atoms with E-state index < -0.39 is 11.9 Å². The Bertz CT molecular complexity index is 867. The van der Waals surface area contributed by atoms with Crippen LogP contribution in [-0.4, -0.2) is 31.9 Å². The van der Waals surface area contributed by atoms with Crippen LogP contribution < -0.4 is 10.6 Å². The summed E-state index contributed by atoms with van der Waals surface area (Å²) < 4.78 is 41.8. The van der Waals surface area contributed by atoms with Gasteiger partial charge < -0.3 is 9.88 Å². The SMILES string of the molecule is CCn1nc(NC(=O)NCC2CCc3nc(C(F)(F)F)cn3C2)cc1C1CC1. The largest absolute Gasteiger partial charge is 0.434 e. The summed E-state index contributed by atoms with van der Waals surface area (Å²) in [5.74, 6) is 1.57. The summed E-state index contributed by atoms with van der Waals surface area (Å²) in [6.45, 7) is 3.56. The summed E-state index contributed by atoms with van der Waals surface area (Å²) >= 11 is 0. The molecule has 3 heterocycles. The lowest BCUT2D eigenvalue weighted by Gasteiger charge is -2.23. The number of alkyl halides is 3. The summed E-state index contributed by atoms with van der Waals surface area (Å²) in [6.07, 6.45) is 0.0920. The normalized spacial score (nSPS) is 19.4. The first-order valence-corrected chi connectivity index (χ1v) is 9.59. The number of carbonyl (C=O) groups is 1. The molecule has 0 radical (unpaired) electrons. The average molecular weight is 396 g/mol. The van der Waals surface area contributed by atoms with Crippen LogP contribution in [0.2, 0.25) is 0 Å². The molecule has 152 valence electrons. The minimum atomic E-state index is -4.43. The maximum atomic E-state index is 12.8. The first-order valence-electron chi connectivity index (χ1n) is 9.59. The minimum Gasteiger partial charge on any atom is -0.337 e. The van der Waals surface area contributed by atoms with Crippen molar-refractivity contribution in [2.75, 3.05) is 11.9 Å². The van der Waals surface area contributed by atoms with Gasteiger partial charge in [-0.3, -0.25) is 10.00 Å². The Labute approximate surface area is 160 Å². The van der Waals surface area contributed by atoms with E-state index in [-0.39, 0.29) is 11.9 Å². The highest BCUT2D eigenvalue weighted by molar-refractivity contribution is 5.88. The molecular formula is C18H23F3N6O. The van der Waals surface area contributed by atoms with Gasteiger partial charge in [-0.2, -0.15) is 18.3 Å². The number of hydrogen-bond donors (Lipinski definition) is 2. The van der Waals surface area contributed by atoms with Gasteiger partial charge in [0, 0.05) is 49.9 Å². The molecule has 1 aliphatic heterocycles. The molecule has 0 bridgehead atoms. The molecule has 28 heavy (non-hydrogen) atoms. The van der Waals surface area contributed by atoms with E-state index in [4.69, 9.17) is 0 Å². The Balaban J connectivity index is 1.30. The monoisotopic (exact) mass is 396 g/mol. The molecule has 1 aliphatic carbocycles. The quantitative estimate of drug-likeness (QED) is 0.814. The van der Waals surface area contributed by atoms with E-state index in [0.717, 1.165) is 31.3 Å². The van der Waals surface area contributed by atoms with Gasteiger partial charge in [-0.1, -0.05) is 0 Å². The molecule has 0 saturated heterocycles.